The maximum Gasteiger partial charge on any atom is 0.268 e. The number of phosphoric acid groups is 1. The summed E-state index contributed by atoms with van der Waals surface area (Å²) in [5.41, 5.74) is 0. The molecule has 0 aliphatic carbocycles. The molecule has 378 valence electrons. The Morgan fingerprint density at radius 1 is 0.547 bits per heavy atom. The van der Waals surface area contributed by atoms with Gasteiger partial charge in [0, 0.05) is 6.42 Å². The summed E-state index contributed by atoms with van der Waals surface area (Å²) in [5.74, 6) is -0.210. The molecule has 0 bridgehead atoms. The number of rotatable bonds is 50. The van der Waals surface area contributed by atoms with E-state index in [1.54, 1.807) is 6.08 Å². The zero-order chi connectivity index (χ0) is 47.1. The number of likely N-dealkylation sites (N-methyl/N-ethyl adjacent to an activating group) is 1. The number of nitrogens with zero attached hydrogens (tertiary/aromatic N) is 1. The average Bonchev–Trinajstić information content (AvgIpc) is 3.25. The molecular formula is C55H107N2O6P. The van der Waals surface area contributed by atoms with Crippen molar-refractivity contribution in [3.8, 4) is 0 Å². The van der Waals surface area contributed by atoms with Crippen LogP contribution < -0.4 is 10.2 Å². The Kier molecular flexibility index (Phi) is 45.9. The monoisotopic (exact) mass is 923 g/mol. The lowest BCUT2D eigenvalue weighted by Gasteiger charge is -2.29. The highest BCUT2D eigenvalue weighted by atomic mass is 31.2. The number of hydrogen-bond donors (Lipinski definition) is 2. The lowest BCUT2D eigenvalue weighted by atomic mass is 10.0. The number of carbonyl (C=O) groups excluding carboxylic acids is 1. The summed E-state index contributed by atoms with van der Waals surface area (Å²) in [5, 5.41) is 13.7. The molecule has 0 radical (unpaired) electrons. The van der Waals surface area contributed by atoms with Gasteiger partial charge in [0.05, 0.1) is 39.9 Å². The number of amides is 1. The Balaban J connectivity index is 3.94. The van der Waals surface area contributed by atoms with Crippen LogP contribution in [0, 0.1) is 0 Å². The van der Waals surface area contributed by atoms with Crippen molar-refractivity contribution in [2.75, 3.05) is 40.9 Å². The number of unbranched alkanes of at least 4 members (excludes halogenated alkanes) is 33. The molecule has 0 saturated heterocycles. The van der Waals surface area contributed by atoms with Gasteiger partial charge in [-0.3, -0.25) is 9.36 Å². The van der Waals surface area contributed by atoms with E-state index < -0.39 is 26.6 Å². The molecule has 9 heteroatoms. The van der Waals surface area contributed by atoms with Crippen LogP contribution in [0.1, 0.15) is 258 Å². The first-order valence-electron chi connectivity index (χ1n) is 27.4. The van der Waals surface area contributed by atoms with E-state index in [9.17, 15) is 19.4 Å². The third-order valence-electron chi connectivity index (χ3n) is 12.3. The second kappa shape index (κ2) is 46.8. The van der Waals surface area contributed by atoms with Gasteiger partial charge in [-0.1, -0.05) is 249 Å². The predicted molar refractivity (Wildman–Crippen MR) is 275 cm³/mol. The molecule has 8 nitrogen and oxygen atoms in total. The van der Waals surface area contributed by atoms with Gasteiger partial charge in [-0.25, -0.2) is 0 Å². The molecule has 0 spiro atoms. The molecule has 64 heavy (non-hydrogen) atoms. The summed E-state index contributed by atoms with van der Waals surface area (Å²) in [6.45, 7) is 4.51. The number of aliphatic hydroxyl groups is 1. The second-order valence-electron chi connectivity index (χ2n) is 19.9. The molecule has 0 aromatic carbocycles. The summed E-state index contributed by atoms with van der Waals surface area (Å²) in [6, 6.07) is -0.905. The van der Waals surface area contributed by atoms with Crippen LogP contribution in [-0.4, -0.2) is 68.5 Å². The molecule has 0 saturated carbocycles. The fraction of sp³-hybridized carbons (Fsp3) is 0.873. The number of aliphatic hydroxyl groups excluding tert-OH is 1. The number of carbonyl (C=O) groups is 1. The smallest absolute Gasteiger partial charge is 0.268 e. The quantitative estimate of drug-likeness (QED) is 0.0272. The molecule has 0 aromatic rings. The Hall–Kier alpha value is -1.28. The fourth-order valence-electron chi connectivity index (χ4n) is 8.08. The molecule has 1 amide bonds. The van der Waals surface area contributed by atoms with E-state index in [1.165, 1.54) is 186 Å². The maximum atomic E-state index is 12.9. The van der Waals surface area contributed by atoms with Crippen molar-refractivity contribution in [3.63, 3.8) is 0 Å². The van der Waals surface area contributed by atoms with E-state index in [0.29, 0.717) is 17.4 Å². The van der Waals surface area contributed by atoms with Crippen molar-refractivity contribution in [2.24, 2.45) is 0 Å². The van der Waals surface area contributed by atoms with Gasteiger partial charge in [-0.15, -0.1) is 0 Å². The van der Waals surface area contributed by atoms with E-state index in [1.807, 2.05) is 27.2 Å². The van der Waals surface area contributed by atoms with Crippen LogP contribution in [0.4, 0.5) is 0 Å². The van der Waals surface area contributed by atoms with Crippen LogP contribution in [0.25, 0.3) is 0 Å². The van der Waals surface area contributed by atoms with Crippen LogP contribution in [0.2, 0.25) is 0 Å². The number of hydrogen-bond acceptors (Lipinski definition) is 6. The summed E-state index contributed by atoms with van der Waals surface area (Å²) in [4.78, 5) is 25.3. The molecule has 0 heterocycles. The van der Waals surface area contributed by atoms with Crippen LogP contribution in [-0.2, 0) is 18.4 Å². The predicted octanol–water partition coefficient (Wildman–Crippen LogP) is 15.6. The van der Waals surface area contributed by atoms with E-state index in [-0.39, 0.29) is 12.5 Å². The normalized spacial score (nSPS) is 14.3. The summed E-state index contributed by atoms with van der Waals surface area (Å²) in [7, 11) is 1.24. The van der Waals surface area contributed by atoms with Crippen molar-refractivity contribution in [2.45, 2.75) is 270 Å². The van der Waals surface area contributed by atoms with Crippen LogP contribution in [0.3, 0.4) is 0 Å². The van der Waals surface area contributed by atoms with Gasteiger partial charge >= 0.3 is 0 Å². The number of allylic oxidation sites excluding steroid dienone is 5. The van der Waals surface area contributed by atoms with E-state index in [4.69, 9.17) is 9.05 Å². The van der Waals surface area contributed by atoms with Crippen molar-refractivity contribution in [3.05, 3.63) is 36.5 Å². The average molecular weight is 923 g/mol. The standard InChI is InChI=1S/C55H107N2O6P/c1-6-8-10-12-14-16-18-19-20-21-22-23-24-25-26-27-28-29-30-31-32-33-34-35-36-37-38-39-41-43-45-47-49-55(59)56-53(52-63-64(60,61)62-51-50-57(3,4)5)54(58)48-46-44-42-40-17-15-13-11-9-7-2/h9,11,17,40,46,48,53-54,58H,6-8,10,12-16,18-39,41-45,47,49-52H2,1-5H3,(H-,56,59,60,61)/b11-9+,40-17+,48-46+. The van der Waals surface area contributed by atoms with Crippen LogP contribution in [0.15, 0.2) is 36.5 Å². The fourth-order valence-corrected chi connectivity index (χ4v) is 8.80. The second-order valence-corrected chi connectivity index (χ2v) is 21.3. The molecule has 0 aliphatic rings. The number of phosphoric ester groups is 1. The molecule has 3 unspecified atom stereocenters. The van der Waals surface area contributed by atoms with Crippen molar-refractivity contribution < 1.29 is 32.9 Å². The zero-order valence-electron chi connectivity index (χ0n) is 43.0. The topological polar surface area (TPSA) is 108 Å². The molecule has 0 rings (SSSR count). The van der Waals surface area contributed by atoms with Crippen molar-refractivity contribution >= 4 is 13.7 Å². The van der Waals surface area contributed by atoms with Crippen molar-refractivity contribution in [1.82, 2.24) is 5.32 Å². The minimum absolute atomic E-state index is 0.00805. The zero-order valence-corrected chi connectivity index (χ0v) is 43.9. The Bertz CT molecular complexity index is 1140. The Morgan fingerprint density at radius 3 is 1.25 bits per heavy atom. The molecule has 0 aromatic heterocycles. The number of nitrogens with one attached hydrogen (secondary N) is 1. The first-order valence-corrected chi connectivity index (χ1v) is 28.8. The van der Waals surface area contributed by atoms with Crippen LogP contribution >= 0.6 is 7.82 Å². The van der Waals surface area contributed by atoms with Gasteiger partial charge in [-0.2, -0.15) is 0 Å². The first kappa shape index (κ1) is 62.7. The maximum absolute atomic E-state index is 12.9. The minimum Gasteiger partial charge on any atom is -0.756 e. The molecule has 2 N–H and O–H groups in total. The molecule has 0 aliphatic heterocycles. The molecule has 0 fully saturated rings. The van der Waals surface area contributed by atoms with Gasteiger partial charge in [0.15, 0.2) is 0 Å². The summed E-state index contributed by atoms with van der Waals surface area (Å²) < 4.78 is 23.2. The third kappa shape index (κ3) is 48.6. The molecule has 3 atom stereocenters. The van der Waals surface area contributed by atoms with Gasteiger partial charge in [0.1, 0.15) is 13.2 Å². The summed E-state index contributed by atoms with van der Waals surface area (Å²) >= 11 is 0. The van der Waals surface area contributed by atoms with Crippen molar-refractivity contribution in [1.29, 1.82) is 0 Å². The highest BCUT2D eigenvalue weighted by molar-refractivity contribution is 7.45. The van der Waals surface area contributed by atoms with Gasteiger partial charge in [0.2, 0.25) is 5.91 Å². The highest BCUT2D eigenvalue weighted by Crippen LogP contribution is 2.38. The minimum atomic E-state index is -4.60. The Labute approximate surface area is 397 Å². The van der Waals surface area contributed by atoms with E-state index in [2.05, 4.69) is 43.5 Å². The lowest BCUT2D eigenvalue weighted by Crippen LogP contribution is -2.45. The molecular weight excluding hydrogens is 816 g/mol. The Morgan fingerprint density at radius 2 is 0.891 bits per heavy atom. The van der Waals surface area contributed by atoms with Crippen LogP contribution in [0.5, 0.6) is 0 Å². The van der Waals surface area contributed by atoms with Gasteiger partial charge in [0.25, 0.3) is 7.82 Å². The number of quaternary nitrogens is 1. The third-order valence-corrected chi connectivity index (χ3v) is 13.3. The van der Waals surface area contributed by atoms with E-state index in [0.717, 1.165) is 51.4 Å². The lowest BCUT2D eigenvalue weighted by molar-refractivity contribution is -0.870. The summed E-state index contributed by atoms with van der Waals surface area (Å²) in [6.07, 6.45) is 59.8. The largest absolute Gasteiger partial charge is 0.756 e. The SMILES string of the molecule is CC/C=C/CC/C=C/CC/C=C/C(O)C(COP(=O)([O-])OCC[N+](C)(C)C)NC(=O)CCCCCCCCCCCCCCCCCCCCCCCCCCCCCCCCCC. The van der Waals surface area contributed by atoms with Gasteiger partial charge < -0.3 is 28.8 Å². The first-order chi connectivity index (χ1) is 31.0. The van der Waals surface area contributed by atoms with Gasteiger partial charge in [-0.05, 0) is 38.5 Å². The highest BCUT2D eigenvalue weighted by Gasteiger charge is 2.23. The van der Waals surface area contributed by atoms with E-state index >= 15 is 0 Å².